The Balaban J connectivity index is 1.37. The molecule has 2 fully saturated rings. The molecule has 0 aromatic heterocycles. The summed E-state index contributed by atoms with van der Waals surface area (Å²) in [6, 6.07) is 13.9. The van der Waals surface area contributed by atoms with Crippen LogP contribution >= 0.6 is 16.8 Å². The summed E-state index contributed by atoms with van der Waals surface area (Å²) in [6.07, 6.45) is 1.63. The number of benzene rings is 2. The Morgan fingerprint density at radius 1 is 0.512 bits per heavy atom. The summed E-state index contributed by atoms with van der Waals surface area (Å²) in [5.74, 6) is 0. The van der Waals surface area contributed by atoms with E-state index in [9.17, 15) is 0 Å². The molecule has 2 aliphatic rings. The van der Waals surface area contributed by atoms with E-state index in [1.165, 1.54) is 33.4 Å². The maximum atomic E-state index is 6.39. The zero-order valence-corrected chi connectivity index (χ0v) is 29.5. The Morgan fingerprint density at radius 3 is 1.10 bits per heavy atom. The van der Waals surface area contributed by atoms with Crippen LogP contribution in [-0.4, -0.2) is 26.4 Å². The van der Waals surface area contributed by atoms with Crippen molar-refractivity contribution in [2.75, 3.05) is 26.4 Å². The van der Waals surface area contributed by atoms with Gasteiger partial charge in [0.25, 0.3) is 0 Å². The second kappa shape index (κ2) is 11.9. The van der Waals surface area contributed by atoms with Gasteiger partial charge in [-0.3, -0.25) is 0 Å². The molecule has 2 heterocycles. The fourth-order valence-corrected chi connectivity index (χ4v) is 8.67. The highest BCUT2D eigenvalue weighted by Gasteiger charge is 2.43. The standard InChI is InChI=1S/C35H54O4P2/c1-31(2,3)27-15-13-25(29(17-27)33(7,8)9)19-40-36-21-35(22-37-40)23-38-41(39-24-35)20-26-14-16-28(32(4,5)6)18-30(26)34(10,11)12/h13-18H,19-24H2,1-12H3. The maximum absolute atomic E-state index is 6.39. The lowest BCUT2D eigenvalue weighted by molar-refractivity contribution is -0.0535. The van der Waals surface area contributed by atoms with Crippen molar-refractivity contribution >= 4 is 16.8 Å². The first kappa shape index (κ1) is 33.0. The second-order valence-electron chi connectivity index (χ2n) is 16.3. The smallest absolute Gasteiger partial charge is 0.175 e. The third-order valence-electron chi connectivity index (χ3n) is 8.23. The van der Waals surface area contributed by atoms with Crippen LogP contribution in [0.4, 0.5) is 0 Å². The van der Waals surface area contributed by atoms with Gasteiger partial charge in [0, 0.05) is 12.3 Å². The molecule has 4 rings (SSSR count). The molecule has 1 spiro atoms. The molecular weight excluding hydrogens is 546 g/mol. The molecule has 0 radical (unpaired) electrons. The Hall–Kier alpha value is -0.860. The van der Waals surface area contributed by atoms with Crippen molar-refractivity contribution in [2.45, 2.75) is 117 Å². The molecule has 4 nitrogen and oxygen atoms in total. The van der Waals surface area contributed by atoms with E-state index in [4.69, 9.17) is 18.1 Å². The summed E-state index contributed by atoms with van der Waals surface area (Å²) >= 11 is 0. The van der Waals surface area contributed by atoms with Crippen LogP contribution in [0.3, 0.4) is 0 Å². The molecule has 228 valence electrons. The van der Waals surface area contributed by atoms with Gasteiger partial charge in [0.05, 0.1) is 31.8 Å². The molecule has 0 saturated carbocycles. The van der Waals surface area contributed by atoms with Gasteiger partial charge in [0.1, 0.15) is 0 Å². The van der Waals surface area contributed by atoms with Crippen LogP contribution < -0.4 is 0 Å². The quantitative estimate of drug-likeness (QED) is 0.327. The van der Waals surface area contributed by atoms with Crippen LogP contribution in [0.1, 0.15) is 116 Å². The van der Waals surface area contributed by atoms with Gasteiger partial charge in [0.15, 0.2) is 16.8 Å². The summed E-state index contributed by atoms with van der Waals surface area (Å²) < 4.78 is 25.6. The predicted molar refractivity (Wildman–Crippen MR) is 175 cm³/mol. The first-order chi connectivity index (χ1) is 18.8. The highest BCUT2D eigenvalue weighted by molar-refractivity contribution is 7.46. The van der Waals surface area contributed by atoms with Crippen molar-refractivity contribution in [1.82, 2.24) is 0 Å². The third kappa shape index (κ3) is 8.20. The molecule has 41 heavy (non-hydrogen) atoms. The lowest BCUT2D eigenvalue weighted by Gasteiger charge is -2.43. The van der Waals surface area contributed by atoms with E-state index >= 15 is 0 Å². The van der Waals surface area contributed by atoms with Crippen molar-refractivity contribution < 1.29 is 18.1 Å². The molecule has 6 heteroatoms. The van der Waals surface area contributed by atoms with Gasteiger partial charge in [-0.25, -0.2) is 0 Å². The number of hydrogen-bond acceptors (Lipinski definition) is 4. The lowest BCUT2D eigenvalue weighted by atomic mass is 9.79. The molecule has 0 amide bonds. The Labute approximate surface area is 253 Å². The fourth-order valence-electron chi connectivity index (χ4n) is 5.38. The van der Waals surface area contributed by atoms with Crippen molar-refractivity contribution in [2.24, 2.45) is 5.41 Å². The van der Waals surface area contributed by atoms with Gasteiger partial charge < -0.3 is 18.1 Å². The van der Waals surface area contributed by atoms with Gasteiger partial charge in [-0.2, -0.15) is 0 Å². The minimum absolute atomic E-state index is 0.0606. The van der Waals surface area contributed by atoms with Crippen molar-refractivity contribution in [3.63, 3.8) is 0 Å². The first-order valence-corrected chi connectivity index (χ1v) is 17.8. The zero-order chi connectivity index (χ0) is 30.4. The second-order valence-corrected chi connectivity index (χ2v) is 19.3. The minimum Gasteiger partial charge on any atom is -0.333 e. The average Bonchev–Trinajstić information content (AvgIpc) is 2.85. The van der Waals surface area contributed by atoms with Crippen LogP contribution in [0, 0.1) is 5.41 Å². The Morgan fingerprint density at radius 2 is 0.829 bits per heavy atom. The summed E-state index contributed by atoms with van der Waals surface area (Å²) in [4.78, 5) is 0. The van der Waals surface area contributed by atoms with Crippen molar-refractivity contribution in [3.05, 3.63) is 69.8 Å². The molecule has 2 aromatic rings. The topological polar surface area (TPSA) is 36.9 Å². The first-order valence-electron chi connectivity index (χ1n) is 15.1. The molecule has 0 aliphatic carbocycles. The third-order valence-corrected chi connectivity index (χ3v) is 11.1. The minimum atomic E-state index is -0.987. The zero-order valence-electron chi connectivity index (χ0n) is 27.7. The molecule has 0 bridgehead atoms. The molecule has 2 aromatic carbocycles. The monoisotopic (exact) mass is 600 g/mol. The van der Waals surface area contributed by atoms with Gasteiger partial charge in [-0.15, -0.1) is 0 Å². The van der Waals surface area contributed by atoms with Crippen molar-refractivity contribution in [3.8, 4) is 0 Å². The molecule has 2 saturated heterocycles. The molecule has 0 unspecified atom stereocenters. The largest absolute Gasteiger partial charge is 0.333 e. The highest BCUT2D eigenvalue weighted by Crippen LogP contribution is 2.55. The normalized spacial score (nSPS) is 24.6. The summed E-state index contributed by atoms with van der Waals surface area (Å²) in [6.45, 7) is 29.9. The van der Waals surface area contributed by atoms with Crippen LogP contribution in [0.15, 0.2) is 36.4 Å². The predicted octanol–water partition coefficient (Wildman–Crippen LogP) is 10.3. The van der Waals surface area contributed by atoms with Crippen LogP contribution in [0.2, 0.25) is 0 Å². The van der Waals surface area contributed by atoms with Gasteiger partial charge >= 0.3 is 0 Å². The van der Waals surface area contributed by atoms with E-state index in [0.29, 0.717) is 26.4 Å². The molecule has 2 aliphatic heterocycles. The molecule has 0 N–H and O–H groups in total. The molecular formula is C35H54O4P2. The van der Waals surface area contributed by atoms with Crippen LogP contribution in [0.25, 0.3) is 0 Å². The van der Waals surface area contributed by atoms with Gasteiger partial charge in [-0.1, -0.05) is 119 Å². The summed E-state index contributed by atoms with van der Waals surface area (Å²) in [7, 11) is -1.97. The van der Waals surface area contributed by atoms with E-state index in [0.717, 1.165) is 12.3 Å². The van der Waals surface area contributed by atoms with Crippen LogP contribution in [-0.2, 0) is 52.1 Å². The lowest BCUT2D eigenvalue weighted by Crippen LogP contribution is -2.44. The number of hydrogen-bond donors (Lipinski definition) is 0. The van der Waals surface area contributed by atoms with Crippen molar-refractivity contribution in [1.29, 1.82) is 0 Å². The summed E-state index contributed by atoms with van der Waals surface area (Å²) in [5.41, 5.74) is 8.34. The SMILES string of the molecule is CC(C)(C)c1ccc(CP2OCC3(CO2)COP(Cc2ccc(C(C)(C)C)cc2C(C)(C)C)OC3)c(C(C)(C)C)c1. The van der Waals surface area contributed by atoms with Gasteiger partial charge in [0.2, 0.25) is 0 Å². The van der Waals surface area contributed by atoms with E-state index in [2.05, 4.69) is 119 Å². The Kier molecular flexibility index (Phi) is 9.60. The highest BCUT2D eigenvalue weighted by atomic mass is 31.2. The number of rotatable bonds is 4. The van der Waals surface area contributed by atoms with E-state index in [1.54, 1.807) is 0 Å². The van der Waals surface area contributed by atoms with Gasteiger partial charge in [-0.05, 0) is 55.0 Å². The van der Waals surface area contributed by atoms with E-state index in [1.807, 2.05) is 0 Å². The Bertz CT molecular complexity index is 1100. The summed E-state index contributed by atoms with van der Waals surface area (Å²) in [5, 5.41) is 0. The van der Waals surface area contributed by atoms with Crippen LogP contribution in [0.5, 0.6) is 0 Å². The average molecular weight is 601 g/mol. The fraction of sp³-hybridized carbons (Fsp3) is 0.657. The van der Waals surface area contributed by atoms with E-state index < -0.39 is 16.8 Å². The van der Waals surface area contributed by atoms with E-state index in [-0.39, 0.29) is 27.1 Å². The maximum Gasteiger partial charge on any atom is 0.175 e. The molecule has 0 atom stereocenters.